The molecule has 0 aromatic heterocycles. The molecule has 0 heterocycles. The van der Waals surface area contributed by atoms with Gasteiger partial charge in [-0.2, -0.15) is 0 Å². The van der Waals surface area contributed by atoms with Gasteiger partial charge >= 0.3 is 0 Å². The van der Waals surface area contributed by atoms with E-state index in [1.807, 2.05) is 60.7 Å². The zero-order valence-corrected chi connectivity index (χ0v) is 10.2. The predicted octanol–water partition coefficient (Wildman–Crippen LogP) is 3.91. The van der Waals surface area contributed by atoms with Gasteiger partial charge in [-0.25, -0.2) is 0 Å². The van der Waals surface area contributed by atoms with Gasteiger partial charge in [0.2, 0.25) is 0 Å². The molecule has 1 atom stereocenters. The van der Waals surface area contributed by atoms with Gasteiger partial charge in [-0.05, 0) is 11.1 Å². The molecule has 0 saturated carbocycles. The minimum Gasteiger partial charge on any atom is -0.784 e. The highest BCUT2D eigenvalue weighted by Gasteiger charge is 2.08. The third-order valence-electron chi connectivity index (χ3n) is 2.86. The van der Waals surface area contributed by atoms with Crippen molar-refractivity contribution < 1.29 is 0 Å². The normalized spacial score (nSPS) is 12.3. The lowest BCUT2D eigenvalue weighted by Crippen LogP contribution is -2.20. The Kier molecular flexibility index (Phi) is 4.29. The largest absolute Gasteiger partial charge is 0.784 e. The zero-order chi connectivity index (χ0) is 12.8. The third-order valence-corrected chi connectivity index (χ3v) is 2.86. The van der Waals surface area contributed by atoms with Gasteiger partial charge in [0.25, 0.3) is 0 Å². The van der Waals surface area contributed by atoms with Crippen LogP contribution in [0.25, 0.3) is 0 Å². The Morgan fingerprint density at radius 3 is 2.11 bits per heavy atom. The van der Waals surface area contributed by atoms with Crippen molar-refractivity contribution in [3.05, 3.63) is 89.7 Å². The highest BCUT2D eigenvalue weighted by Crippen LogP contribution is 2.22. The van der Waals surface area contributed by atoms with Crippen LogP contribution < -0.4 is 0 Å². The number of hydrogen-bond donors (Lipinski definition) is 0. The predicted molar refractivity (Wildman–Crippen MR) is 74.7 cm³/mol. The van der Waals surface area contributed by atoms with E-state index in [4.69, 9.17) is 0 Å². The first kappa shape index (κ1) is 12.6. The molecular formula is C16H16NO-. The van der Waals surface area contributed by atoms with E-state index in [0.717, 1.165) is 16.2 Å². The van der Waals surface area contributed by atoms with E-state index in [1.54, 1.807) is 6.08 Å². The minimum absolute atomic E-state index is 0.300. The van der Waals surface area contributed by atoms with Crippen molar-refractivity contribution in [1.29, 1.82) is 0 Å². The van der Waals surface area contributed by atoms with Gasteiger partial charge in [-0.1, -0.05) is 66.7 Å². The molecule has 2 nitrogen and oxygen atoms in total. The summed E-state index contributed by atoms with van der Waals surface area (Å²) in [5.41, 5.74) is 1.98. The van der Waals surface area contributed by atoms with Gasteiger partial charge in [0.15, 0.2) is 0 Å². The van der Waals surface area contributed by atoms with Gasteiger partial charge < -0.3 is 10.3 Å². The summed E-state index contributed by atoms with van der Waals surface area (Å²) in [5, 5.41) is 13.2. The number of hydrogen-bond acceptors (Lipinski definition) is 2. The lowest BCUT2D eigenvalue weighted by molar-refractivity contribution is 0.319. The Morgan fingerprint density at radius 2 is 1.56 bits per heavy atom. The summed E-state index contributed by atoms with van der Waals surface area (Å²) in [7, 11) is 0. The maximum atomic E-state index is 12.2. The Balaban J connectivity index is 2.11. The molecule has 2 heteroatoms. The van der Waals surface area contributed by atoms with Crippen LogP contribution in [0.15, 0.2) is 73.3 Å². The third kappa shape index (κ3) is 3.06. The Labute approximate surface area is 108 Å². The summed E-state index contributed by atoms with van der Waals surface area (Å²) in [6.07, 6.45) is 1.69. The number of benzene rings is 2. The Hall–Kier alpha value is -1.90. The molecule has 0 aliphatic carbocycles. The zero-order valence-electron chi connectivity index (χ0n) is 10.2. The fourth-order valence-electron chi connectivity index (χ4n) is 1.93. The molecule has 0 aliphatic rings. The standard InChI is InChI=1S/C16H16NO/c1-2-16(15-11-7-4-8-12-15)17(18)13-14-9-5-3-6-10-14/h2-12,16H,1,13H2/q-1. The fraction of sp³-hybridized carbons (Fsp3) is 0.125. The van der Waals surface area contributed by atoms with Gasteiger partial charge in [0.05, 0.1) is 0 Å². The molecule has 1 unspecified atom stereocenters. The smallest absolute Gasteiger partial charge is 0.0417 e. The molecule has 0 bridgehead atoms. The molecule has 0 fully saturated rings. The van der Waals surface area contributed by atoms with Crippen molar-refractivity contribution in [2.45, 2.75) is 12.6 Å². The molecule has 2 aromatic carbocycles. The molecule has 2 aromatic rings. The summed E-state index contributed by atoms with van der Waals surface area (Å²) in [6.45, 7) is 4.13. The van der Waals surface area contributed by atoms with Crippen LogP contribution in [0, 0.1) is 5.21 Å². The first-order chi connectivity index (χ1) is 8.81. The van der Waals surface area contributed by atoms with E-state index in [0.29, 0.717) is 6.54 Å². The van der Waals surface area contributed by atoms with Crippen LogP contribution in [0.3, 0.4) is 0 Å². The van der Waals surface area contributed by atoms with Gasteiger partial charge in [-0.3, -0.25) is 0 Å². The van der Waals surface area contributed by atoms with E-state index >= 15 is 0 Å². The average Bonchev–Trinajstić information content (AvgIpc) is 2.42. The summed E-state index contributed by atoms with van der Waals surface area (Å²) in [6, 6.07) is 19.1. The Bertz CT molecular complexity index is 481. The summed E-state index contributed by atoms with van der Waals surface area (Å²) >= 11 is 0. The first-order valence-corrected chi connectivity index (χ1v) is 5.96. The summed E-state index contributed by atoms with van der Waals surface area (Å²) in [4.78, 5) is 0. The second kappa shape index (κ2) is 6.15. The van der Waals surface area contributed by atoms with Crippen molar-refractivity contribution in [2.75, 3.05) is 0 Å². The van der Waals surface area contributed by atoms with Crippen LogP contribution >= 0.6 is 0 Å². The number of nitrogens with zero attached hydrogens (tertiary/aromatic N) is 1. The first-order valence-electron chi connectivity index (χ1n) is 5.96. The molecule has 0 saturated heterocycles. The van der Waals surface area contributed by atoms with E-state index in [2.05, 4.69) is 6.58 Å². The summed E-state index contributed by atoms with van der Waals surface area (Å²) < 4.78 is 0. The number of rotatable bonds is 5. The SMILES string of the molecule is C=CC(c1ccccc1)N([O-])Cc1ccccc1. The fourth-order valence-corrected chi connectivity index (χ4v) is 1.93. The minimum atomic E-state index is -0.300. The second-order valence-electron chi connectivity index (χ2n) is 4.15. The summed E-state index contributed by atoms with van der Waals surface area (Å²) in [5.74, 6) is 0. The lowest BCUT2D eigenvalue weighted by atomic mass is 10.1. The van der Waals surface area contributed by atoms with E-state index in [-0.39, 0.29) is 6.04 Å². The maximum Gasteiger partial charge on any atom is 0.0417 e. The monoisotopic (exact) mass is 238 g/mol. The molecule has 92 valence electrons. The van der Waals surface area contributed by atoms with Crippen LogP contribution in [0.2, 0.25) is 0 Å². The average molecular weight is 238 g/mol. The van der Waals surface area contributed by atoms with Gasteiger partial charge in [0.1, 0.15) is 0 Å². The van der Waals surface area contributed by atoms with Crippen LogP contribution in [0.1, 0.15) is 17.2 Å². The van der Waals surface area contributed by atoms with Crippen molar-refractivity contribution in [3.8, 4) is 0 Å². The molecule has 2 rings (SSSR count). The molecule has 0 radical (unpaired) electrons. The van der Waals surface area contributed by atoms with Crippen LogP contribution in [-0.4, -0.2) is 5.06 Å². The molecular weight excluding hydrogens is 222 g/mol. The van der Waals surface area contributed by atoms with Crippen molar-refractivity contribution in [3.63, 3.8) is 0 Å². The number of hydroxylamine groups is 2. The molecule has 18 heavy (non-hydrogen) atoms. The second-order valence-corrected chi connectivity index (χ2v) is 4.15. The van der Waals surface area contributed by atoms with Gasteiger partial charge in [0, 0.05) is 12.6 Å². The lowest BCUT2D eigenvalue weighted by Gasteiger charge is -2.35. The van der Waals surface area contributed by atoms with Crippen LogP contribution in [0.5, 0.6) is 0 Å². The van der Waals surface area contributed by atoms with Crippen molar-refractivity contribution in [1.82, 2.24) is 5.06 Å². The van der Waals surface area contributed by atoms with Crippen LogP contribution in [-0.2, 0) is 6.54 Å². The van der Waals surface area contributed by atoms with Gasteiger partial charge in [-0.15, -0.1) is 6.58 Å². The molecule has 0 amide bonds. The van der Waals surface area contributed by atoms with Crippen molar-refractivity contribution >= 4 is 0 Å². The van der Waals surface area contributed by atoms with E-state index in [9.17, 15) is 5.21 Å². The molecule has 0 spiro atoms. The van der Waals surface area contributed by atoms with E-state index in [1.165, 1.54) is 0 Å². The molecule has 0 N–H and O–H groups in total. The maximum absolute atomic E-state index is 12.2. The van der Waals surface area contributed by atoms with Crippen LogP contribution in [0.4, 0.5) is 0 Å². The quantitative estimate of drug-likeness (QED) is 0.583. The van der Waals surface area contributed by atoms with Crippen molar-refractivity contribution in [2.24, 2.45) is 0 Å². The Morgan fingerprint density at radius 1 is 1.00 bits per heavy atom. The topological polar surface area (TPSA) is 26.3 Å². The highest BCUT2D eigenvalue weighted by atomic mass is 16.5. The van der Waals surface area contributed by atoms with E-state index < -0.39 is 0 Å². The highest BCUT2D eigenvalue weighted by molar-refractivity contribution is 5.23. The molecule has 0 aliphatic heterocycles.